The van der Waals surface area contributed by atoms with Crippen LogP contribution in [0.1, 0.15) is 30.6 Å². The van der Waals surface area contributed by atoms with E-state index in [2.05, 4.69) is 21.6 Å². The first-order chi connectivity index (χ1) is 10.3. The van der Waals surface area contributed by atoms with Gasteiger partial charge >= 0.3 is 0 Å². The van der Waals surface area contributed by atoms with Gasteiger partial charge in [0.2, 0.25) is 5.91 Å². The lowest BCUT2D eigenvalue weighted by atomic mass is 9.74. The van der Waals surface area contributed by atoms with Crippen LogP contribution in [0.4, 0.5) is 0 Å². The third-order valence-corrected chi connectivity index (χ3v) is 5.58. The van der Waals surface area contributed by atoms with Crippen molar-refractivity contribution < 1.29 is 4.79 Å². The summed E-state index contributed by atoms with van der Waals surface area (Å²) in [6.45, 7) is 5.63. The number of hydrogen-bond acceptors (Lipinski definition) is 4. The molecule has 1 spiro atoms. The van der Waals surface area contributed by atoms with E-state index in [0.29, 0.717) is 18.5 Å². The summed E-state index contributed by atoms with van der Waals surface area (Å²) in [5, 5.41) is 8.62. The molecule has 0 aromatic carbocycles. The van der Waals surface area contributed by atoms with E-state index in [4.69, 9.17) is 0 Å². The Kier molecular flexibility index (Phi) is 4.93. The topological polar surface area (TPSA) is 44.4 Å². The molecule has 1 aromatic heterocycles. The number of rotatable bonds is 4. The summed E-state index contributed by atoms with van der Waals surface area (Å²) in [6.07, 6.45) is 5.12. The van der Waals surface area contributed by atoms with Gasteiger partial charge in [-0.15, -0.1) is 11.3 Å². The van der Waals surface area contributed by atoms with Gasteiger partial charge in [0, 0.05) is 18.0 Å². The Morgan fingerprint density at radius 3 is 3.10 bits per heavy atom. The van der Waals surface area contributed by atoms with Crippen molar-refractivity contribution in [1.82, 2.24) is 15.5 Å². The maximum absolute atomic E-state index is 12.1. The predicted octanol–water partition coefficient (Wildman–Crippen LogP) is 1.83. The minimum absolute atomic E-state index is 0.157. The van der Waals surface area contributed by atoms with Gasteiger partial charge < -0.3 is 10.6 Å². The Hall–Kier alpha value is -0.910. The standard InChI is InChI=1S/C16H25N3OS/c20-15(18-10-14-4-1-9-21-14)11-19-8-3-6-16(13-19)5-2-7-17-12-16/h1,4,9,17H,2-3,5-8,10-13H2,(H,18,20). The number of carbonyl (C=O) groups excluding carboxylic acids is 1. The zero-order chi connectivity index (χ0) is 14.5. The Bertz CT molecular complexity index is 449. The van der Waals surface area contributed by atoms with Crippen molar-refractivity contribution >= 4 is 17.2 Å². The minimum Gasteiger partial charge on any atom is -0.350 e. The average Bonchev–Trinajstić information content (AvgIpc) is 2.99. The molecule has 0 saturated carbocycles. The first kappa shape index (κ1) is 15.0. The molecule has 2 fully saturated rings. The predicted molar refractivity (Wildman–Crippen MR) is 86.4 cm³/mol. The molecule has 3 rings (SSSR count). The maximum atomic E-state index is 12.1. The van der Waals surface area contributed by atoms with E-state index in [-0.39, 0.29) is 5.91 Å². The Morgan fingerprint density at radius 2 is 2.33 bits per heavy atom. The number of likely N-dealkylation sites (tertiary alicyclic amines) is 1. The lowest BCUT2D eigenvalue weighted by Crippen LogP contribution is -2.52. The van der Waals surface area contributed by atoms with Gasteiger partial charge in [0.15, 0.2) is 0 Å². The first-order valence-electron chi connectivity index (χ1n) is 7.98. The number of amides is 1. The molecule has 21 heavy (non-hydrogen) atoms. The Balaban J connectivity index is 1.46. The van der Waals surface area contributed by atoms with Crippen molar-refractivity contribution in [2.24, 2.45) is 5.41 Å². The summed E-state index contributed by atoms with van der Waals surface area (Å²) in [6, 6.07) is 4.09. The molecule has 0 bridgehead atoms. The van der Waals surface area contributed by atoms with Crippen LogP contribution in [0.3, 0.4) is 0 Å². The lowest BCUT2D eigenvalue weighted by Gasteiger charge is -2.45. The first-order valence-corrected chi connectivity index (χ1v) is 8.86. The van der Waals surface area contributed by atoms with E-state index >= 15 is 0 Å². The van der Waals surface area contributed by atoms with E-state index in [9.17, 15) is 4.79 Å². The van der Waals surface area contributed by atoms with Crippen LogP contribution < -0.4 is 10.6 Å². The Morgan fingerprint density at radius 1 is 1.43 bits per heavy atom. The molecule has 2 saturated heterocycles. The summed E-state index contributed by atoms with van der Waals surface area (Å²) < 4.78 is 0. The lowest BCUT2D eigenvalue weighted by molar-refractivity contribution is -0.123. The average molecular weight is 307 g/mol. The summed E-state index contributed by atoms with van der Waals surface area (Å²) in [5.41, 5.74) is 0.421. The second-order valence-electron chi connectivity index (χ2n) is 6.45. The van der Waals surface area contributed by atoms with Gasteiger partial charge in [-0.3, -0.25) is 9.69 Å². The highest BCUT2D eigenvalue weighted by Crippen LogP contribution is 2.35. The van der Waals surface area contributed by atoms with Crippen molar-refractivity contribution in [2.45, 2.75) is 32.2 Å². The van der Waals surface area contributed by atoms with Crippen LogP contribution in [-0.4, -0.2) is 43.5 Å². The summed E-state index contributed by atoms with van der Waals surface area (Å²) in [7, 11) is 0. The molecular weight excluding hydrogens is 282 g/mol. The van der Waals surface area contributed by atoms with E-state index in [1.54, 1.807) is 11.3 Å². The minimum atomic E-state index is 0.157. The molecule has 116 valence electrons. The summed E-state index contributed by atoms with van der Waals surface area (Å²) >= 11 is 1.69. The second-order valence-corrected chi connectivity index (χ2v) is 7.48. The SMILES string of the molecule is O=C(CN1CCCC2(CCCNC2)C1)NCc1cccs1. The highest BCUT2D eigenvalue weighted by molar-refractivity contribution is 7.09. The fourth-order valence-corrected chi connectivity index (χ4v) is 4.33. The van der Waals surface area contributed by atoms with Crippen molar-refractivity contribution in [2.75, 3.05) is 32.7 Å². The van der Waals surface area contributed by atoms with Gasteiger partial charge in [-0.1, -0.05) is 6.07 Å². The van der Waals surface area contributed by atoms with Crippen LogP contribution in [0.15, 0.2) is 17.5 Å². The molecule has 4 nitrogen and oxygen atoms in total. The number of thiophene rings is 1. The third kappa shape index (κ3) is 4.05. The molecule has 5 heteroatoms. The highest BCUT2D eigenvalue weighted by Gasteiger charge is 2.36. The van der Waals surface area contributed by atoms with E-state index < -0.39 is 0 Å². The van der Waals surface area contributed by atoms with Gasteiger partial charge in [-0.05, 0) is 55.6 Å². The summed E-state index contributed by atoms with van der Waals surface area (Å²) in [4.78, 5) is 15.7. The molecule has 2 aliphatic heterocycles. The molecule has 1 amide bonds. The molecule has 1 unspecified atom stereocenters. The smallest absolute Gasteiger partial charge is 0.234 e. The number of nitrogens with one attached hydrogen (secondary N) is 2. The van der Waals surface area contributed by atoms with Gasteiger partial charge in [-0.2, -0.15) is 0 Å². The molecule has 1 atom stereocenters. The van der Waals surface area contributed by atoms with Crippen LogP contribution in [0.25, 0.3) is 0 Å². The second kappa shape index (κ2) is 6.90. The molecule has 2 N–H and O–H groups in total. The quantitative estimate of drug-likeness (QED) is 0.892. The van der Waals surface area contributed by atoms with Crippen LogP contribution >= 0.6 is 11.3 Å². The zero-order valence-corrected chi connectivity index (χ0v) is 13.4. The molecule has 2 aliphatic rings. The largest absolute Gasteiger partial charge is 0.350 e. The van der Waals surface area contributed by atoms with Crippen LogP contribution in [0.5, 0.6) is 0 Å². The van der Waals surface area contributed by atoms with Gasteiger partial charge in [0.25, 0.3) is 0 Å². The van der Waals surface area contributed by atoms with E-state index in [1.165, 1.54) is 30.6 Å². The van der Waals surface area contributed by atoms with Crippen molar-refractivity contribution in [3.63, 3.8) is 0 Å². The van der Waals surface area contributed by atoms with Crippen LogP contribution in [0, 0.1) is 5.41 Å². The van der Waals surface area contributed by atoms with E-state index in [1.807, 2.05) is 11.4 Å². The van der Waals surface area contributed by atoms with Crippen molar-refractivity contribution in [3.05, 3.63) is 22.4 Å². The van der Waals surface area contributed by atoms with Gasteiger partial charge in [-0.25, -0.2) is 0 Å². The molecule has 0 radical (unpaired) electrons. The molecule has 3 heterocycles. The fourth-order valence-electron chi connectivity index (χ4n) is 3.68. The van der Waals surface area contributed by atoms with Crippen molar-refractivity contribution in [1.29, 1.82) is 0 Å². The monoisotopic (exact) mass is 307 g/mol. The fraction of sp³-hybridized carbons (Fsp3) is 0.688. The molecule has 1 aromatic rings. The number of nitrogens with zero attached hydrogens (tertiary/aromatic N) is 1. The maximum Gasteiger partial charge on any atom is 0.234 e. The number of piperidine rings is 2. The normalized spacial score (nSPS) is 26.9. The molecule has 0 aliphatic carbocycles. The zero-order valence-electron chi connectivity index (χ0n) is 12.6. The highest BCUT2D eigenvalue weighted by atomic mass is 32.1. The van der Waals surface area contributed by atoms with Crippen molar-refractivity contribution in [3.8, 4) is 0 Å². The van der Waals surface area contributed by atoms with Crippen LogP contribution in [-0.2, 0) is 11.3 Å². The third-order valence-electron chi connectivity index (χ3n) is 4.71. The van der Waals surface area contributed by atoms with Crippen LogP contribution in [0.2, 0.25) is 0 Å². The van der Waals surface area contributed by atoms with E-state index in [0.717, 1.165) is 26.2 Å². The summed E-state index contributed by atoms with van der Waals surface area (Å²) in [5.74, 6) is 0.157. The number of hydrogen-bond donors (Lipinski definition) is 2. The van der Waals surface area contributed by atoms with Gasteiger partial charge in [0.05, 0.1) is 13.1 Å². The van der Waals surface area contributed by atoms with Gasteiger partial charge in [0.1, 0.15) is 0 Å². The molecular formula is C16H25N3OS. The number of carbonyl (C=O) groups is 1. The Labute approximate surface area is 130 Å².